The number of guanidine groups is 1. The summed E-state index contributed by atoms with van der Waals surface area (Å²) in [6.07, 6.45) is 2.80. The molecule has 1 atom stereocenters. The molecule has 1 aromatic heterocycles. The molecule has 0 bridgehead atoms. The average Bonchev–Trinajstić information content (AvgIpc) is 2.81. The van der Waals surface area contributed by atoms with Gasteiger partial charge < -0.3 is 20.2 Å². The molecular formula is C15H26IN3O2. The van der Waals surface area contributed by atoms with Crippen LogP contribution in [-0.4, -0.2) is 29.8 Å². The zero-order valence-corrected chi connectivity index (χ0v) is 15.3. The summed E-state index contributed by atoms with van der Waals surface area (Å²) in [4.78, 5) is 4.48. The van der Waals surface area contributed by atoms with Crippen molar-refractivity contribution in [2.24, 2.45) is 4.99 Å². The predicted octanol–water partition coefficient (Wildman–Crippen LogP) is 2.74. The van der Waals surface area contributed by atoms with Crippen molar-refractivity contribution in [3.63, 3.8) is 0 Å². The van der Waals surface area contributed by atoms with Crippen molar-refractivity contribution in [1.29, 1.82) is 0 Å². The fraction of sp³-hybridized carbons (Fsp3) is 0.667. The Bertz CT molecular complexity index is 469. The largest absolute Gasteiger partial charge is 0.464 e. The monoisotopic (exact) mass is 407 g/mol. The lowest BCUT2D eigenvalue weighted by Crippen LogP contribution is -2.43. The van der Waals surface area contributed by atoms with E-state index in [1.807, 2.05) is 32.9 Å². The highest BCUT2D eigenvalue weighted by Crippen LogP contribution is 2.31. The van der Waals surface area contributed by atoms with E-state index in [0.717, 1.165) is 43.3 Å². The van der Waals surface area contributed by atoms with Crippen LogP contribution in [0.2, 0.25) is 0 Å². The fourth-order valence-electron chi connectivity index (χ4n) is 2.25. The van der Waals surface area contributed by atoms with Crippen molar-refractivity contribution >= 4 is 29.9 Å². The smallest absolute Gasteiger partial charge is 0.191 e. The minimum Gasteiger partial charge on any atom is -0.464 e. The van der Waals surface area contributed by atoms with Gasteiger partial charge in [0.25, 0.3) is 0 Å². The summed E-state index contributed by atoms with van der Waals surface area (Å²) in [5, 5.41) is 16.6. The Hall–Kier alpha value is -0.760. The first-order valence-electron chi connectivity index (χ1n) is 7.36. The summed E-state index contributed by atoms with van der Waals surface area (Å²) in [5.74, 6) is 2.50. The van der Waals surface area contributed by atoms with Crippen LogP contribution < -0.4 is 10.6 Å². The molecule has 1 aliphatic carbocycles. The lowest BCUT2D eigenvalue weighted by Gasteiger charge is -2.35. The van der Waals surface area contributed by atoms with Crippen molar-refractivity contribution in [1.82, 2.24) is 10.6 Å². The zero-order valence-electron chi connectivity index (χ0n) is 13.0. The summed E-state index contributed by atoms with van der Waals surface area (Å²) >= 11 is 0. The standard InChI is InChI=1S/C15H25N3O2.HI/c1-4-16-14(17-10-15(19)8-5-9-15)18-12(3)13-7-6-11(2)20-13;/h6-7,12,19H,4-5,8-10H2,1-3H3,(H2,16,17,18);1H. The summed E-state index contributed by atoms with van der Waals surface area (Å²) < 4.78 is 5.61. The number of nitrogens with one attached hydrogen (secondary N) is 2. The lowest BCUT2D eigenvalue weighted by molar-refractivity contribution is -0.0236. The minimum atomic E-state index is -0.590. The van der Waals surface area contributed by atoms with Gasteiger partial charge in [-0.05, 0) is 52.2 Å². The van der Waals surface area contributed by atoms with Crippen LogP contribution in [0.5, 0.6) is 0 Å². The SMILES string of the molecule is CCNC(=NCC1(O)CCC1)NC(C)c1ccc(C)o1.I. The van der Waals surface area contributed by atoms with Gasteiger partial charge >= 0.3 is 0 Å². The van der Waals surface area contributed by atoms with Crippen LogP contribution in [0.4, 0.5) is 0 Å². The number of aliphatic imine (C=N–C) groups is 1. The van der Waals surface area contributed by atoms with Gasteiger partial charge in [0.05, 0.1) is 18.2 Å². The van der Waals surface area contributed by atoms with E-state index < -0.39 is 5.60 Å². The molecule has 6 heteroatoms. The molecule has 1 unspecified atom stereocenters. The van der Waals surface area contributed by atoms with Crippen molar-refractivity contribution in [3.05, 3.63) is 23.7 Å². The maximum Gasteiger partial charge on any atom is 0.191 e. The first-order chi connectivity index (χ1) is 9.52. The quantitative estimate of drug-likeness (QED) is 0.399. The second kappa shape index (κ2) is 8.03. The number of rotatable bonds is 5. The molecule has 1 heterocycles. The van der Waals surface area contributed by atoms with Crippen LogP contribution in [0.25, 0.3) is 0 Å². The van der Waals surface area contributed by atoms with E-state index in [-0.39, 0.29) is 30.0 Å². The minimum absolute atomic E-state index is 0. The number of furan rings is 1. The van der Waals surface area contributed by atoms with E-state index in [9.17, 15) is 5.11 Å². The second-order valence-electron chi connectivity index (χ2n) is 5.59. The number of halogens is 1. The molecule has 1 aromatic rings. The Morgan fingerprint density at radius 2 is 2.19 bits per heavy atom. The van der Waals surface area contributed by atoms with Gasteiger partial charge in [-0.2, -0.15) is 0 Å². The molecule has 1 fully saturated rings. The Morgan fingerprint density at radius 1 is 1.48 bits per heavy atom. The van der Waals surface area contributed by atoms with E-state index in [0.29, 0.717) is 6.54 Å². The van der Waals surface area contributed by atoms with Gasteiger partial charge in [-0.15, -0.1) is 24.0 Å². The topological polar surface area (TPSA) is 69.8 Å². The Labute approximate surface area is 143 Å². The average molecular weight is 407 g/mol. The summed E-state index contributed by atoms with van der Waals surface area (Å²) in [6.45, 7) is 7.22. The number of hydrogen-bond donors (Lipinski definition) is 3. The summed E-state index contributed by atoms with van der Waals surface area (Å²) in [5.41, 5.74) is -0.590. The molecule has 0 spiro atoms. The van der Waals surface area contributed by atoms with E-state index in [4.69, 9.17) is 4.42 Å². The molecule has 120 valence electrons. The van der Waals surface area contributed by atoms with Crippen LogP contribution in [0.15, 0.2) is 21.5 Å². The molecule has 21 heavy (non-hydrogen) atoms. The van der Waals surface area contributed by atoms with Gasteiger partial charge in [0.1, 0.15) is 11.5 Å². The fourth-order valence-corrected chi connectivity index (χ4v) is 2.25. The Morgan fingerprint density at radius 3 is 2.67 bits per heavy atom. The van der Waals surface area contributed by atoms with Gasteiger partial charge in [0, 0.05) is 6.54 Å². The first kappa shape index (κ1) is 18.3. The number of nitrogens with zero attached hydrogens (tertiary/aromatic N) is 1. The third kappa shape index (κ3) is 5.18. The van der Waals surface area contributed by atoms with E-state index in [2.05, 4.69) is 15.6 Å². The molecule has 5 nitrogen and oxygen atoms in total. The van der Waals surface area contributed by atoms with Crippen molar-refractivity contribution in [2.45, 2.75) is 51.7 Å². The second-order valence-corrected chi connectivity index (χ2v) is 5.59. The normalized spacial score (nSPS) is 18.4. The van der Waals surface area contributed by atoms with E-state index >= 15 is 0 Å². The third-order valence-electron chi connectivity index (χ3n) is 3.70. The molecule has 0 aliphatic heterocycles. The summed E-state index contributed by atoms with van der Waals surface area (Å²) in [7, 11) is 0. The van der Waals surface area contributed by atoms with Crippen molar-refractivity contribution < 1.29 is 9.52 Å². The molecule has 0 amide bonds. The molecule has 1 saturated carbocycles. The van der Waals surface area contributed by atoms with Crippen molar-refractivity contribution in [3.8, 4) is 0 Å². The number of aryl methyl sites for hydroxylation is 1. The van der Waals surface area contributed by atoms with Crippen LogP contribution in [0.1, 0.15) is 50.7 Å². The molecule has 3 N–H and O–H groups in total. The highest BCUT2D eigenvalue weighted by Gasteiger charge is 2.34. The highest BCUT2D eigenvalue weighted by atomic mass is 127. The molecule has 0 saturated heterocycles. The van der Waals surface area contributed by atoms with Gasteiger partial charge in [-0.1, -0.05) is 0 Å². The Kier molecular flexibility index (Phi) is 6.99. The van der Waals surface area contributed by atoms with Crippen LogP contribution in [-0.2, 0) is 0 Å². The molecule has 0 radical (unpaired) electrons. The van der Waals surface area contributed by atoms with Crippen molar-refractivity contribution in [2.75, 3.05) is 13.1 Å². The maximum absolute atomic E-state index is 10.1. The maximum atomic E-state index is 10.1. The zero-order chi connectivity index (χ0) is 14.6. The number of aliphatic hydroxyl groups is 1. The summed E-state index contributed by atoms with van der Waals surface area (Å²) in [6, 6.07) is 3.96. The van der Waals surface area contributed by atoms with Gasteiger partial charge in [-0.3, -0.25) is 4.99 Å². The number of hydrogen-bond acceptors (Lipinski definition) is 3. The Balaban J connectivity index is 0.00000220. The molecule has 0 aromatic carbocycles. The molecule has 1 aliphatic rings. The van der Waals surface area contributed by atoms with Gasteiger partial charge in [0.15, 0.2) is 5.96 Å². The van der Waals surface area contributed by atoms with Gasteiger partial charge in [-0.25, -0.2) is 0 Å². The lowest BCUT2D eigenvalue weighted by atomic mass is 9.80. The first-order valence-corrected chi connectivity index (χ1v) is 7.36. The van der Waals surface area contributed by atoms with Crippen LogP contribution >= 0.6 is 24.0 Å². The van der Waals surface area contributed by atoms with E-state index in [1.165, 1.54) is 0 Å². The highest BCUT2D eigenvalue weighted by molar-refractivity contribution is 14.0. The predicted molar refractivity (Wildman–Crippen MR) is 95.2 cm³/mol. The third-order valence-corrected chi connectivity index (χ3v) is 3.70. The van der Waals surface area contributed by atoms with Crippen LogP contribution in [0.3, 0.4) is 0 Å². The molecular weight excluding hydrogens is 381 g/mol. The molecule has 2 rings (SSSR count). The van der Waals surface area contributed by atoms with E-state index in [1.54, 1.807) is 0 Å². The van der Waals surface area contributed by atoms with Gasteiger partial charge in [0.2, 0.25) is 0 Å². The van der Waals surface area contributed by atoms with Crippen LogP contribution in [0, 0.1) is 6.92 Å².